The van der Waals surface area contributed by atoms with Gasteiger partial charge in [0.2, 0.25) is 0 Å². The molecule has 106 valence electrons. The van der Waals surface area contributed by atoms with Gasteiger partial charge in [0.25, 0.3) is 5.56 Å². The number of hydrogen-bond acceptors (Lipinski definition) is 2. The standard InChI is InChI=1S/C16H21N3O/c20-16-11-15(18-19-16)12-7-9-14(10-8-12)17-13-5-3-1-2-4-6-13/h7-11,13,17H,1-6H2,(H2,18,19,20). The van der Waals surface area contributed by atoms with E-state index in [2.05, 4.69) is 27.6 Å². The molecule has 0 atom stereocenters. The lowest BCUT2D eigenvalue weighted by atomic mass is 10.1. The molecule has 1 aliphatic rings. The zero-order valence-electron chi connectivity index (χ0n) is 11.6. The molecule has 1 heterocycles. The van der Waals surface area contributed by atoms with Gasteiger partial charge in [0.15, 0.2) is 0 Å². The topological polar surface area (TPSA) is 60.7 Å². The third-order valence-electron chi connectivity index (χ3n) is 4.02. The molecule has 3 N–H and O–H groups in total. The van der Waals surface area contributed by atoms with Crippen LogP contribution in [0.3, 0.4) is 0 Å². The zero-order valence-corrected chi connectivity index (χ0v) is 11.6. The number of anilines is 1. The molecule has 1 aromatic heterocycles. The van der Waals surface area contributed by atoms with Gasteiger partial charge in [-0.3, -0.25) is 15.0 Å². The molecule has 0 radical (unpaired) electrons. The monoisotopic (exact) mass is 271 g/mol. The van der Waals surface area contributed by atoms with Crippen molar-refractivity contribution in [3.63, 3.8) is 0 Å². The van der Waals surface area contributed by atoms with Crippen molar-refractivity contribution >= 4 is 5.69 Å². The van der Waals surface area contributed by atoms with Gasteiger partial charge in [0, 0.05) is 17.8 Å². The van der Waals surface area contributed by atoms with Gasteiger partial charge in [-0.05, 0) is 30.5 Å². The van der Waals surface area contributed by atoms with Gasteiger partial charge in [-0.2, -0.15) is 0 Å². The molecular formula is C16H21N3O. The third kappa shape index (κ3) is 3.13. The van der Waals surface area contributed by atoms with Crippen molar-refractivity contribution in [3.05, 3.63) is 40.7 Å². The average Bonchev–Trinajstić information content (AvgIpc) is 2.73. The predicted molar refractivity (Wildman–Crippen MR) is 82.0 cm³/mol. The highest BCUT2D eigenvalue weighted by molar-refractivity contribution is 5.62. The summed E-state index contributed by atoms with van der Waals surface area (Å²) in [6, 6.07) is 10.4. The van der Waals surface area contributed by atoms with Gasteiger partial charge in [0.05, 0.1) is 5.69 Å². The van der Waals surface area contributed by atoms with Crippen LogP contribution in [0.4, 0.5) is 5.69 Å². The fourth-order valence-electron chi connectivity index (χ4n) is 2.89. The van der Waals surface area contributed by atoms with Crippen molar-refractivity contribution in [1.29, 1.82) is 0 Å². The van der Waals surface area contributed by atoms with Crippen molar-refractivity contribution < 1.29 is 0 Å². The smallest absolute Gasteiger partial charge is 0.264 e. The lowest BCUT2D eigenvalue weighted by Gasteiger charge is -2.17. The summed E-state index contributed by atoms with van der Waals surface area (Å²) in [5.41, 5.74) is 2.92. The highest BCUT2D eigenvalue weighted by Gasteiger charge is 2.11. The maximum Gasteiger partial charge on any atom is 0.264 e. The Labute approximate surface area is 118 Å². The minimum atomic E-state index is -0.0966. The second kappa shape index (κ2) is 5.99. The fraction of sp³-hybridized carbons (Fsp3) is 0.438. The Morgan fingerprint density at radius 1 is 0.950 bits per heavy atom. The Hall–Kier alpha value is -1.97. The van der Waals surface area contributed by atoms with E-state index in [0.29, 0.717) is 6.04 Å². The number of aromatic nitrogens is 2. The Bertz CT molecular complexity index is 589. The van der Waals surface area contributed by atoms with Crippen molar-refractivity contribution in [3.8, 4) is 11.3 Å². The molecule has 0 saturated heterocycles. The van der Waals surface area contributed by atoms with Gasteiger partial charge in [0.1, 0.15) is 0 Å². The van der Waals surface area contributed by atoms with E-state index in [1.165, 1.54) is 44.2 Å². The molecule has 0 aliphatic heterocycles. The van der Waals surface area contributed by atoms with Gasteiger partial charge in [-0.25, -0.2) is 0 Å². The Morgan fingerprint density at radius 2 is 1.65 bits per heavy atom. The van der Waals surface area contributed by atoms with Crippen LogP contribution < -0.4 is 10.9 Å². The fourth-order valence-corrected chi connectivity index (χ4v) is 2.89. The van der Waals surface area contributed by atoms with Gasteiger partial charge < -0.3 is 5.32 Å². The molecule has 0 unspecified atom stereocenters. The van der Waals surface area contributed by atoms with Crippen molar-refractivity contribution in [2.45, 2.75) is 44.6 Å². The van der Waals surface area contributed by atoms with Crippen LogP contribution in [0.2, 0.25) is 0 Å². The second-order valence-electron chi connectivity index (χ2n) is 5.58. The summed E-state index contributed by atoms with van der Waals surface area (Å²) in [6.45, 7) is 0. The maximum atomic E-state index is 11.1. The normalized spacial score (nSPS) is 16.8. The van der Waals surface area contributed by atoms with Gasteiger partial charge >= 0.3 is 0 Å². The lowest BCUT2D eigenvalue weighted by Crippen LogP contribution is -2.17. The Morgan fingerprint density at radius 3 is 2.25 bits per heavy atom. The number of aromatic amines is 2. The molecule has 1 aliphatic carbocycles. The van der Waals surface area contributed by atoms with Crippen LogP contribution in [0.1, 0.15) is 38.5 Å². The summed E-state index contributed by atoms with van der Waals surface area (Å²) in [4.78, 5) is 11.1. The zero-order chi connectivity index (χ0) is 13.8. The molecule has 1 fully saturated rings. The van der Waals surface area contributed by atoms with E-state index in [-0.39, 0.29) is 5.56 Å². The largest absolute Gasteiger partial charge is 0.382 e. The first kappa shape index (κ1) is 13.0. The molecule has 4 nitrogen and oxygen atoms in total. The SMILES string of the molecule is O=c1cc(-c2ccc(NC3CCCCCC3)cc2)[nH][nH]1. The molecule has 3 rings (SSSR count). The minimum absolute atomic E-state index is 0.0966. The molecule has 0 bridgehead atoms. The summed E-state index contributed by atoms with van der Waals surface area (Å²) in [5, 5.41) is 9.06. The van der Waals surface area contributed by atoms with E-state index in [1.54, 1.807) is 6.07 Å². The van der Waals surface area contributed by atoms with Crippen LogP contribution in [0.5, 0.6) is 0 Å². The molecule has 1 aromatic carbocycles. The molecule has 0 spiro atoms. The van der Waals surface area contributed by atoms with Crippen LogP contribution in [0, 0.1) is 0 Å². The van der Waals surface area contributed by atoms with Crippen LogP contribution >= 0.6 is 0 Å². The van der Waals surface area contributed by atoms with E-state index in [1.807, 2.05) is 12.1 Å². The van der Waals surface area contributed by atoms with Crippen molar-refractivity contribution in [2.75, 3.05) is 5.32 Å². The minimum Gasteiger partial charge on any atom is -0.382 e. The quantitative estimate of drug-likeness (QED) is 0.748. The highest BCUT2D eigenvalue weighted by atomic mass is 16.1. The highest BCUT2D eigenvalue weighted by Crippen LogP contribution is 2.23. The number of hydrogen-bond donors (Lipinski definition) is 3. The van der Waals surface area contributed by atoms with Crippen LogP contribution in [0.15, 0.2) is 35.1 Å². The lowest BCUT2D eigenvalue weighted by molar-refractivity contribution is 0.620. The molecular weight excluding hydrogens is 250 g/mol. The first-order valence-corrected chi connectivity index (χ1v) is 7.46. The van der Waals surface area contributed by atoms with E-state index in [4.69, 9.17) is 0 Å². The third-order valence-corrected chi connectivity index (χ3v) is 4.02. The summed E-state index contributed by atoms with van der Waals surface area (Å²) in [5.74, 6) is 0. The maximum absolute atomic E-state index is 11.1. The summed E-state index contributed by atoms with van der Waals surface area (Å²) in [7, 11) is 0. The van der Waals surface area contributed by atoms with E-state index >= 15 is 0 Å². The molecule has 0 amide bonds. The van der Waals surface area contributed by atoms with Crippen LogP contribution in [-0.2, 0) is 0 Å². The molecule has 1 saturated carbocycles. The predicted octanol–water partition coefficient (Wildman–Crippen LogP) is 3.50. The Kier molecular flexibility index (Phi) is 3.90. The summed E-state index contributed by atoms with van der Waals surface area (Å²) in [6.07, 6.45) is 7.95. The second-order valence-corrected chi connectivity index (χ2v) is 5.58. The number of H-pyrrole nitrogens is 2. The summed E-state index contributed by atoms with van der Waals surface area (Å²) < 4.78 is 0. The number of benzene rings is 1. The van der Waals surface area contributed by atoms with E-state index in [0.717, 1.165) is 11.3 Å². The summed E-state index contributed by atoms with van der Waals surface area (Å²) >= 11 is 0. The van der Waals surface area contributed by atoms with E-state index < -0.39 is 0 Å². The van der Waals surface area contributed by atoms with Crippen LogP contribution in [0.25, 0.3) is 11.3 Å². The van der Waals surface area contributed by atoms with E-state index in [9.17, 15) is 4.79 Å². The Balaban J connectivity index is 1.68. The molecule has 2 aromatic rings. The van der Waals surface area contributed by atoms with Crippen molar-refractivity contribution in [1.82, 2.24) is 10.2 Å². The average molecular weight is 271 g/mol. The van der Waals surface area contributed by atoms with Crippen LogP contribution in [-0.4, -0.2) is 16.2 Å². The first-order chi connectivity index (χ1) is 9.81. The first-order valence-electron chi connectivity index (χ1n) is 7.46. The van der Waals surface area contributed by atoms with Gasteiger partial charge in [-0.15, -0.1) is 0 Å². The number of nitrogens with one attached hydrogen (secondary N) is 3. The van der Waals surface area contributed by atoms with Gasteiger partial charge in [-0.1, -0.05) is 37.8 Å². The van der Waals surface area contributed by atoms with Crippen molar-refractivity contribution in [2.24, 2.45) is 0 Å². The molecule has 20 heavy (non-hydrogen) atoms. The molecule has 4 heteroatoms. The number of rotatable bonds is 3.